The zero-order chi connectivity index (χ0) is 16.4. The molecule has 3 rings (SSSR count). The highest BCUT2D eigenvalue weighted by Crippen LogP contribution is 2.59. The summed E-state index contributed by atoms with van der Waals surface area (Å²) in [5, 5.41) is 12.2. The molecule has 1 aliphatic heterocycles. The fourth-order valence-electron chi connectivity index (χ4n) is 3.71. The third kappa shape index (κ3) is 3.39. The summed E-state index contributed by atoms with van der Waals surface area (Å²) in [4.78, 5) is 23.8. The summed E-state index contributed by atoms with van der Waals surface area (Å²) >= 11 is 0. The van der Waals surface area contributed by atoms with Crippen LogP contribution in [0.1, 0.15) is 42.9 Å². The third-order valence-corrected chi connectivity index (χ3v) is 5.25. The van der Waals surface area contributed by atoms with Crippen LogP contribution in [0.15, 0.2) is 24.3 Å². The molecule has 2 fully saturated rings. The van der Waals surface area contributed by atoms with Gasteiger partial charge in [-0.25, -0.2) is 0 Å². The van der Waals surface area contributed by atoms with E-state index in [9.17, 15) is 14.7 Å². The molecule has 2 atom stereocenters. The van der Waals surface area contributed by atoms with Crippen molar-refractivity contribution in [3.63, 3.8) is 0 Å². The van der Waals surface area contributed by atoms with Crippen LogP contribution >= 0.6 is 0 Å². The molecule has 2 N–H and O–H groups in total. The minimum absolute atomic E-state index is 0.00622. The van der Waals surface area contributed by atoms with Crippen molar-refractivity contribution >= 4 is 11.9 Å². The molecule has 1 aromatic carbocycles. The number of carbonyl (C=O) groups excluding carboxylic acids is 1. The molecule has 0 aromatic heterocycles. The number of aliphatic carboxylic acids is 1. The van der Waals surface area contributed by atoms with Crippen LogP contribution in [-0.2, 0) is 14.3 Å². The number of carbonyl (C=O) groups is 2. The largest absolute Gasteiger partial charge is 0.481 e. The summed E-state index contributed by atoms with van der Waals surface area (Å²) in [6, 6.07) is 7.14. The molecule has 2 unspecified atom stereocenters. The van der Waals surface area contributed by atoms with Gasteiger partial charge in [-0.2, -0.15) is 0 Å². The number of ether oxygens (including phenoxy) is 1. The van der Waals surface area contributed by atoms with Crippen LogP contribution < -0.4 is 5.32 Å². The first kappa shape index (κ1) is 16.0. The van der Waals surface area contributed by atoms with Gasteiger partial charge in [0.1, 0.15) is 0 Å². The van der Waals surface area contributed by atoms with E-state index in [-0.39, 0.29) is 23.7 Å². The van der Waals surface area contributed by atoms with Crippen LogP contribution in [0.25, 0.3) is 0 Å². The maximum absolute atomic E-state index is 12.6. The molecule has 23 heavy (non-hydrogen) atoms. The van der Waals surface area contributed by atoms with Gasteiger partial charge in [0.2, 0.25) is 5.91 Å². The molecule has 2 aliphatic rings. The molecule has 1 aliphatic carbocycles. The van der Waals surface area contributed by atoms with Crippen molar-refractivity contribution in [2.45, 2.75) is 38.6 Å². The highest BCUT2D eigenvalue weighted by Gasteiger charge is 2.58. The van der Waals surface area contributed by atoms with Crippen LogP contribution in [0, 0.1) is 18.3 Å². The minimum atomic E-state index is -0.907. The van der Waals surface area contributed by atoms with Gasteiger partial charge in [-0.1, -0.05) is 24.3 Å². The first-order valence-corrected chi connectivity index (χ1v) is 8.17. The van der Waals surface area contributed by atoms with Crippen LogP contribution in [0.3, 0.4) is 0 Å². The van der Waals surface area contributed by atoms with Gasteiger partial charge in [-0.05, 0) is 42.7 Å². The summed E-state index contributed by atoms with van der Waals surface area (Å²) in [6.07, 6.45) is 2.66. The molecule has 0 radical (unpaired) electrons. The average Bonchev–Trinajstić information content (AvgIpc) is 3.20. The molecule has 1 spiro atoms. The summed E-state index contributed by atoms with van der Waals surface area (Å²) in [5.74, 6) is -0.914. The molecule has 1 amide bonds. The Morgan fingerprint density at radius 3 is 2.70 bits per heavy atom. The van der Waals surface area contributed by atoms with E-state index in [0.717, 1.165) is 43.6 Å². The Kier molecular flexibility index (Phi) is 4.39. The van der Waals surface area contributed by atoms with Crippen molar-refractivity contribution in [3.05, 3.63) is 35.4 Å². The van der Waals surface area contributed by atoms with Gasteiger partial charge < -0.3 is 15.2 Å². The topological polar surface area (TPSA) is 75.6 Å². The van der Waals surface area contributed by atoms with Crippen LogP contribution in [0.2, 0.25) is 0 Å². The second kappa shape index (κ2) is 6.32. The average molecular weight is 317 g/mol. The SMILES string of the molecule is Cc1ccccc1C(CC(=O)O)NC(=O)C1CC12CCOCC2. The number of rotatable bonds is 5. The minimum Gasteiger partial charge on any atom is -0.481 e. The van der Waals surface area contributed by atoms with Crippen molar-refractivity contribution in [2.24, 2.45) is 11.3 Å². The van der Waals surface area contributed by atoms with Gasteiger partial charge in [0.05, 0.1) is 12.5 Å². The van der Waals surface area contributed by atoms with E-state index in [4.69, 9.17) is 4.74 Å². The first-order chi connectivity index (χ1) is 11.0. The Morgan fingerprint density at radius 1 is 1.35 bits per heavy atom. The van der Waals surface area contributed by atoms with Gasteiger partial charge >= 0.3 is 5.97 Å². The Balaban J connectivity index is 1.71. The molecule has 124 valence electrons. The summed E-state index contributed by atoms with van der Waals surface area (Å²) < 4.78 is 5.38. The number of benzene rings is 1. The fourth-order valence-corrected chi connectivity index (χ4v) is 3.71. The smallest absolute Gasteiger partial charge is 0.305 e. The highest BCUT2D eigenvalue weighted by atomic mass is 16.5. The monoisotopic (exact) mass is 317 g/mol. The normalized spacial score (nSPS) is 23.3. The van der Waals surface area contributed by atoms with Crippen molar-refractivity contribution in [1.29, 1.82) is 0 Å². The maximum Gasteiger partial charge on any atom is 0.305 e. The van der Waals surface area contributed by atoms with E-state index in [1.165, 1.54) is 0 Å². The summed E-state index contributed by atoms with van der Waals surface area (Å²) in [6.45, 7) is 3.38. The summed E-state index contributed by atoms with van der Waals surface area (Å²) in [5.41, 5.74) is 1.97. The third-order valence-electron chi connectivity index (χ3n) is 5.25. The van der Waals surface area contributed by atoms with E-state index in [1.807, 2.05) is 31.2 Å². The van der Waals surface area contributed by atoms with Crippen LogP contribution in [0.5, 0.6) is 0 Å². The maximum atomic E-state index is 12.6. The molecule has 5 heteroatoms. The number of carboxylic acid groups (broad SMARTS) is 1. The molecule has 1 aromatic rings. The second-order valence-electron chi connectivity index (χ2n) is 6.75. The second-order valence-corrected chi connectivity index (χ2v) is 6.75. The van der Waals surface area contributed by atoms with Crippen molar-refractivity contribution in [3.8, 4) is 0 Å². The van der Waals surface area contributed by atoms with Gasteiger partial charge in [-0.15, -0.1) is 0 Å². The van der Waals surface area contributed by atoms with Crippen molar-refractivity contribution < 1.29 is 19.4 Å². The lowest BCUT2D eigenvalue weighted by molar-refractivity contribution is -0.137. The Hall–Kier alpha value is -1.88. The van der Waals surface area contributed by atoms with E-state index in [0.29, 0.717) is 0 Å². The van der Waals surface area contributed by atoms with Crippen molar-refractivity contribution in [2.75, 3.05) is 13.2 Å². The van der Waals surface area contributed by atoms with Gasteiger partial charge in [0.15, 0.2) is 0 Å². The van der Waals surface area contributed by atoms with E-state index in [2.05, 4.69) is 5.32 Å². The first-order valence-electron chi connectivity index (χ1n) is 8.17. The molecule has 1 saturated carbocycles. The molecule has 0 bridgehead atoms. The number of nitrogens with one attached hydrogen (secondary N) is 1. The molecule has 5 nitrogen and oxygen atoms in total. The molecular formula is C18H23NO4. The predicted octanol–water partition coefficient (Wildman–Crippen LogP) is 2.44. The molecule has 1 heterocycles. The number of amides is 1. The lowest BCUT2D eigenvalue weighted by atomic mass is 9.93. The van der Waals surface area contributed by atoms with Gasteiger partial charge in [-0.3, -0.25) is 9.59 Å². The summed E-state index contributed by atoms with van der Waals surface area (Å²) in [7, 11) is 0. The predicted molar refractivity (Wildman–Crippen MR) is 84.9 cm³/mol. The zero-order valence-corrected chi connectivity index (χ0v) is 13.4. The fraction of sp³-hybridized carbons (Fsp3) is 0.556. The van der Waals surface area contributed by atoms with Crippen LogP contribution in [-0.4, -0.2) is 30.2 Å². The van der Waals surface area contributed by atoms with E-state index in [1.54, 1.807) is 0 Å². The van der Waals surface area contributed by atoms with Gasteiger partial charge in [0, 0.05) is 19.1 Å². The molecular weight excluding hydrogens is 294 g/mol. The zero-order valence-electron chi connectivity index (χ0n) is 13.4. The highest BCUT2D eigenvalue weighted by molar-refractivity contribution is 5.83. The number of hydrogen-bond donors (Lipinski definition) is 2. The lowest BCUT2D eigenvalue weighted by Gasteiger charge is -2.24. The Bertz CT molecular complexity index is 607. The standard InChI is InChI=1S/C18H23NO4/c1-12-4-2-3-5-13(12)15(10-16(20)21)19-17(22)14-11-18(14)6-8-23-9-7-18/h2-5,14-15H,6-11H2,1H3,(H,19,22)(H,20,21). The number of aryl methyl sites for hydroxylation is 1. The van der Waals surface area contributed by atoms with Crippen molar-refractivity contribution in [1.82, 2.24) is 5.32 Å². The van der Waals surface area contributed by atoms with Gasteiger partial charge in [0.25, 0.3) is 0 Å². The molecule has 1 saturated heterocycles. The quantitative estimate of drug-likeness (QED) is 0.874. The van der Waals surface area contributed by atoms with E-state index < -0.39 is 12.0 Å². The number of carboxylic acids is 1. The Morgan fingerprint density at radius 2 is 2.04 bits per heavy atom. The Labute approximate surface area is 136 Å². The lowest BCUT2D eigenvalue weighted by Crippen LogP contribution is -2.34. The van der Waals surface area contributed by atoms with Crippen LogP contribution in [0.4, 0.5) is 0 Å². The van der Waals surface area contributed by atoms with E-state index >= 15 is 0 Å². The number of hydrogen-bond acceptors (Lipinski definition) is 3.